The summed E-state index contributed by atoms with van der Waals surface area (Å²) in [5, 5.41) is 0. The fraction of sp³-hybridized carbons (Fsp3) is 0.533. The lowest BCUT2D eigenvalue weighted by Gasteiger charge is -2.17. The molecule has 0 aliphatic heterocycles. The number of ketones is 1. The molecule has 0 spiro atoms. The molecule has 0 aromatic heterocycles. The highest BCUT2D eigenvalue weighted by Gasteiger charge is 2.32. The third-order valence-corrected chi connectivity index (χ3v) is 5.55. The SMILES string of the molecule is CCCCN(C)S(=O)(=O)c1cc(C(=O)C2CC2)ccc1F. The Morgan fingerprint density at radius 2 is 2.05 bits per heavy atom. The smallest absolute Gasteiger partial charge is 0.245 e. The number of hydrogen-bond acceptors (Lipinski definition) is 3. The van der Waals surface area contributed by atoms with Crippen molar-refractivity contribution in [3.05, 3.63) is 29.6 Å². The van der Waals surface area contributed by atoms with Gasteiger partial charge in [-0.05, 0) is 37.5 Å². The van der Waals surface area contributed by atoms with E-state index in [9.17, 15) is 17.6 Å². The van der Waals surface area contributed by atoms with Gasteiger partial charge in [0, 0.05) is 25.1 Å². The van der Waals surface area contributed by atoms with Gasteiger partial charge in [0.1, 0.15) is 10.7 Å². The van der Waals surface area contributed by atoms with Crippen LogP contribution in [0.25, 0.3) is 0 Å². The first-order valence-corrected chi connectivity index (χ1v) is 8.62. The first-order chi connectivity index (χ1) is 9.87. The van der Waals surface area contributed by atoms with Crippen LogP contribution in [0.1, 0.15) is 43.0 Å². The molecular formula is C15H20FNO3S. The third kappa shape index (κ3) is 3.49. The van der Waals surface area contributed by atoms with Crippen LogP contribution in [0.4, 0.5) is 4.39 Å². The number of sulfonamides is 1. The highest BCUT2D eigenvalue weighted by Crippen LogP contribution is 2.33. The van der Waals surface area contributed by atoms with Crippen molar-refractivity contribution in [1.82, 2.24) is 4.31 Å². The second kappa shape index (κ2) is 6.23. The van der Waals surface area contributed by atoms with Crippen molar-refractivity contribution in [2.75, 3.05) is 13.6 Å². The number of rotatable bonds is 7. The number of hydrogen-bond donors (Lipinski definition) is 0. The molecule has 1 aliphatic carbocycles. The van der Waals surface area contributed by atoms with Crippen molar-refractivity contribution in [3.8, 4) is 0 Å². The first kappa shape index (κ1) is 16.1. The highest BCUT2D eigenvalue weighted by molar-refractivity contribution is 7.89. The number of carbonyl (C=O) groups is 1. The number of benzene rings is 1. The minimum absolute atomic E-state index is 0.0242. The van der Waals surface area contributed by atoms with Gasteiger partial charge in [-0.2, -0.15) is 0 Å². The predicted molar refractivity (Wildman–Crippen MR) is 78.2 cm³/mol. The maximum Gasteiger partial charge on any atom is 0.245 e. The van der Waals surface area contributed by atoms with Crippen LogP contribution in [-0.2, 0) is 10.0 Å². The van der Waals surface area contributed by atoms with Crippen LogP contribution < -0.4 is 0 Å². The van der Waals surface area contributed by atoms with Gasteiger partial charge in [-0.3, -0.25) is 4.79 Å². The Hall–Kier alpha value is -1.27. The van der Waals surface area contributed by atoms with Crippen LogP contribution in [0.2, 0.25) is 0 Å². The van der Waals surface area contributed by atoms with Crippen LogP contribution in [-0.4, -0.2) is 32.1 Å². The molecule has 0 radical (unpaired) electrons. The summed E-state index contributed by atoms with van der Waals surface area (Å²) < 4.78 is 39.8. The maximum absolute atomic E-state index is 13.9. The van der Waals surface area contributed by atoms with Gasteiger partial charge in [0.25, 0.3) is 0 Å². The van der Waals surface area contributed by atoms with Crippen molar-refractivity contribution in [3.63, 3.8) is 0 Å². The van der Waals surface area contributed by atoms with Crippen molar-refractivity contribution >= 4 is 15.8 Å². The normalized spacial score (nSPS) is 15.4. The zero-order valence-corrected chi connectivity index (χ0v) is 13.1. The number of halogens is 1. The van der Waals surface area contributed by atoms with E-state index in [0.29, 0.717) is 13.0 Å². The number of Topliss-reactive ketones (excluding diaryl/α,β-unsaturated/α-hetero) is 1. The van der Waals surface area contributed by atoms with Crippen molar-refractivity contribution in [2.45, 2.75) is 37.5 Å². The summed E-state index contributed by atoms with van der Waals surface area (Å²) >= 11 is 0. The average molecular weight is 313 g/mol. The molecule has 1 saturated carbocycles. The third-order valence-electron chi connectivity index (χ3n) is 3.68. The van der Waals surface area contributed by atoms with E-state index in [1.807, 2.05) is 6.92 Å². The van der Waals surface area contributed by atoms with Crippen molar-refractivity contribution in [2.24, 2.45) is 5.92 Å². The molecule has 0 unspecified atom stereocenters. The molecule has 21 heavy (non-hydrogen) atoms. The molecule has 1 aromatic rings. The first-order valence-electron chi connectivity index (χ1n) is 7.18. The van der Waals surface area contributed by atoms with Gasteiger partial charge < -0.3 is 0 Å². The molecule has 0 heterocycles. The largest absolute Gasteiger partial charge is 0.294 e. The lowest BCUT2D eigenvalue weighted by atomic mass is 10.1. The number of carbonyl (C=O) groups excluding carboxylic acids is 1. The highest BCUT2D eigenvalue weighted by atomic mass is 32.2. The summed E-state index contributed by atoms with van der Waals surface area (Å²) in [5.74, 6) is -0.933. The molecule has 0 amide bonds. The standard InChI is InChI=1S/C15H20FNO3S/c1-3-4-9-17(2)21(19,20)14-10-12(7-8-13(14)16)15(18)11-5-6-11/h7-8,10-11H,3-6,9H2,1-2H3. The van der Waals surface area contributed by atoms with Gasteiger partial charge >= 0.3 is 0 Å². The molecule has 1 aliphatic rings. The lowest BCUT2D eigenvalue weighted by molar-refractivity contribution is 0.0967. The van der Waals surface area contributed by atoms with Crippen LogP contribution in [0.15, 0.2) is 23.1 Å². The van der Waals surface area contributed by atoms with Crippen LogP contribution in [0.3, 0.4) is 0 Å². The Kier molecular flexibility index (Phi) is 4.78. The van der Waals surface area contributed by atoms with Crippen molar-refractivity contribution in [1.29, 1.82) is 0 Å². The van der Waals surface area contributed by atoms with E-state index in [4.69, 9.17) is 0 Å². The molecule has 0 N–H and O–H groups in total. The van der Waals surface area contributed by atoms with E-state index < -0.39 is 20.7 Å². The number of unbranched alkanes of at least 4 members (excludes halogenated alkanes) is 1. The molecule has 116 valence electrons. The van der Waals surface area contributed by atoms with Gasteiger partial charge in [0.05, 0.1) is 0 Å². The Bertz CT molecular complexity index is 638. The minimum atomic E-state index is -3.90. The van der Waals surface area contributed by atoms with E-state index >= 15 is 0 Å². The molecular weight excluding hydrogens is 293 g/mol. The second-order valence-electron chi connectivity index (χ2n) is 5.46. The Balaban J connectivity index is 2.33. The summed E-state index contributed by atoms with van der Waals surface area (Å²) in [6, 6.07) is 3.60. The zero-order chi connectivity index (χ0) is 15.6. The van der Waals surface area contributed by atoms with E-state index in [1.165, 1.54) is 19.2 Å². The van der Waals surface area contributed by atoms with E-state index in [1.54, 1.807) is 0 Å². The van der Waals surface area contributed by atoms with E-state index in [0.717, 1.165) is 29.6 Å². The molecule has 0 bridgehead atoms. The molecule has 6 heteroatoms. The monoisotopic (exact) mass is 313 g/mol. The van der Waals surface area contributed by atoms with Crippen LogP contribution >= 0.6 is 0 Å². The van der Waals surface area contributed by atoms with E-state index in [2.05, 4.69) is 0 Å². The second-order valence-corrected chi connectivity index (χ2v) is 7.48. The van der Waals surface area contributed by atoms with E-state index in [-0.39, 0.29) is 17.3 Å². The van der Waals surface area contributed by atoms with Gasteiger partial charge in [-0.25, -0.2) is 17.1 Å². The maximum atomic E-state index is 13.9. The van der Waals surface area contributed by atoms with Crippen molar-refractivity contribution < 1.29 is 17.6 Å². The Labute approximate surface area is 125 Å². The molecule has 1 fully saturated rings. The Morgan fingerprint density at radius 3 is 2.62 bits per heavy atom. The summed E-state index contributed by atoms with van der Waals surface area (Å²) in [6.45, 7) is 2.29. The van der Waals surface area contributed by atoms with Gasteiger partial charge in [-0.15, -0.1) is 0 Å². The minimum Gasteiger partial charge on any atom is -0.294 e. The lowest BCUT2D eigenvalue weighted by Crippen LogP contribution is -2.28. The summed E-state index contributed by atoms with van der Waals surface area (Å²) in [6.07, 6.45) is 3.21. The summed E-state index contributed by atoms with van der Waals surface area (Å²) in [4.78, 5) is 11.6. The fourth-order valence-electron chi connectivity index (χ4n) is 2.10. The molecule has 2 rings (SSSR count). The quantitative estimate of drug-likeness (QED) is 0.727. The molecule has 4 nitrogen and oxygen atoms in total. The van der Waals surface area contributed by atoms with Crippen LogP contribution in [0, 0.1) is 11.7 Å². The van der Waals surface area contributed by atoms with Gasteiger partial charge in [-0.1, -0.05) is 13.3 Å². The molecule has 0 saturated heterocycles. The average Bonchev–Trinajstić information content (AvgIpc) is 3.28. The van der Waals surface area contributed by atoms with Crippen LogP contribution in [0.5, 0.6) is 0 Å². The Morgan fingerprint density at radius 1 is 1.38 bits per heavy atom. The van der Waals surface area contributed by atoms with Gasteiger partial charge in [0.2, 0.25) is 10.0 Å². The predicted octanol–water partition coefficient (Wildman–Crippen LogP) is 2.84. The summed E-state index contributed by atoms with van der Waals surface area (Å²) in [5.41, 5.74) is 0.279. The summed E-state index contributed by atoms with van der Waals surface area (Å²) in [7, 11) is -2.47. The zero-order valence-electron chi connectivity index (χ0n) is 12.3. The fourth-order valence-corrected chi connectivity index (χ4v) is 3.40. The molecule has 0 atom stereocenters. The topological polar surface area (TPSA) is 54.5 Å². The number of nitrogens with zero attached hydrogens (tertiary/aromatic N) is 1. The molecule has 1 aromatic carbocycles. The van der Waals surface area contributed by atoms with Gasteiger partial charge in [0.15, 0.2) is 5.78 Å².